The normalized spacial score (nSPS) is 23.0. The third-order valence-corrected chi connectivity index (χ3v) is 4.60. The van der Waals surface area contributed by atoms with E-state index in [0.29, 0.717) is 0 Å². The van der Waals surface area contributed by atoms with Crippen molar-refractivity contribution in [3.8, 4) is 0 Å². The summed E-state index contributed by atoms with van der Waals surface area (Å²) in [7, 11) is 4.25. The lowest BCUT2D eigenvalue weighted by Crippen LogP contribution is -2.55. The van der Waals surface area contributed by atoms with Crippen LogP contribution in [0.5, 0.6) is 0 Å². The summed E-state index contributed by atoms with van der Waals surface area (Å²) in [5, 5.41) is 10.7. The van der Waals surface area contributed by atoms with Crippen LogP contribution in [0.4, 0.5) is 0 Å². The first-order valence-electron chi connectivity index (χ1n) is 7.52. The Balaban J connectivity index is 2.13. The van der Waals surface area contributed by atoms with E-state index < -0.39 is 0 Å². The van der Waals surface area contributed by atoms with Crippen molar-refractivity contribution in [2.75, 3.05) is 33.7 Å². The van der Waals surface area contributed by atoms with Crippen molar-refractivity contribution in [2.45, 2.75) is 39.3 Å². The van der Waals surface area contributed by atoms with Gasteiger partial charge in [-0.15, -0.1) is 0 Å². The number of aryl methyl sites for hydroxylation is 3. The van der Waals surface area contributed by atoms with Crippen molar-refractivity contribution >= 4 is 0 Å². The zero-order chi connectivity index (χ0) is 14.9. The summed E-state index contributed by atoms with van der Waals surface area (Å²) in [5.41, 5.74) is 5.21. The van der Waals surface area contributed by atoms with Gasteiger partial charge in [0, 0.05) is 32.1 Å². The first-order chi connectivity index (χ1) is 9.38. The van der Waals surface area contributed by atoms with Crippen LogP contribution in [-0.2, 0) is 6.42 Å². The Morgan fingerprint density at radius 1 is 1.15 bits per heavy atom. The predicted molar refractivity (Wildman–Crippen MR) is 84.3 cm³/mol. The number of likely N-dealkylation sites (N-methyl/N-ethyl adjacent to an activating group) is 2. The van der Waals surface area contributed by atoms with Crippen molar-refractivity contribution in [1.82, 2.24) is 9.80 Å². The molecule has 1 N–H and O–H groups in total. The Labute approximate surface area is 123 Å². The van der Waals surface area contributed by atoms with Crippen LogP contribution < -0.4 is 0 Å². The van der Waals surface area contributed by atoms with Gasteiger partial charge in [0.25, 0.3) is 0 Å². The Morgan fingerprint density at radius 2 is 1.75 bits per heavy atom. The smallest absolute Gasteiger partial charge is 0.0748 e. The fraction of sp³-hybridized carbons (Fsp3) is 0.647. The van der Waals surface area contributed by atoms with Gasteiger partial charge in [-0.05, 0) is 51.6 Å². The molecule has 0 aliphatic carbocycles. The minimum atomic E-state index is -0.303. The lowest BCUT2D eigenvalue weighted by Gasteiger charge is -2.40. The molecule has 0 saturated carbocycles. The zero-order valence-corrected chi connectivity index (χ0v) is 13.5. The summed E-state index contributed by atoms with van der Waals surface area (Å²) in [6.07, 6.45) is 0.448. The van der Waals surface area contributed by atoms with Gasteiger partial charge in [-0.1, -0.05) is 17.7 Å². The molecule has 1 heterocycles. The molecule has 0 radical (unpaired) electrons. The van der Waals surface area contributed by atoms with Gasteiger partial charge in [0.1, 0.15) is 0 Å². The molecule has 1 aromatic carbocycles. The van der Waals surface area contributed by atoms with E-state index in [9.17, 15) is 5.11 Å². The van der Waals surface area contributed by atoms with E-state index in [-0.39, 0.29) is 12.1 Å². The molecular formula is C17H28N2O. The molecule has 1 saturated heterocycles. The van der Waals surface area contributed by atoms with Crippen LogP contribution in [-0.4, -0.2) is 60.8 Å². The molecule has 2 rings (SSSR count). The van der Waals surface area contributed by atoms with Crippen LogP contribution in [0.15, 0.2) is 12.1 Å². The highest BCUT2D eigenvalue weighted by Crippen LogP contribution is 2.21. The number of aliphatic hydroxyl groups excluding tert-OH is 1. The van der Waals surface area contributed by atoms with E-state index in [1.54, 1.807) is 0 Å². The lowest BCUT2D eigenvalue weighted by molar-refractivity contribution is 0.0151. The monoisotopic (exact) mass is 276 g/mol. The molecule has 2 unspecified atom stereocenters. The van der Waals surface area contributed by atoms with E-state index in [1.807, 2.05) is 0 Å². The summed E-state index contributed by atoms with van der Waals surface area (Å²) in [6, 6.07) is 4.66. The number of benzene rings is 1. The molecule has 1 aliphatic heterocycles. The van der Waals surface area contributed by atoms with Crippen molar-refractivity contribution in [3.63, 3.8) is 0 Å². The SMILES string of the molecule is Cc1cc(C)c(CC(O)C2CN(C)CCN2C)c(C)c1. The van der Waals surface area contributed by atoms with Crippen LogP contribution >= 0.6 is 0 Å². The molecule has 3 nitrogen and oxygen atoms in total. The zero-order valence-electron chi connectivity index (χ0n) is 13.5. The third kappa shape index (κ3) is 3.40. The second-order valence-electron chi connectivity index (χ2n) is 6.46. The summed E-state index contributed by atoms with van der Waals surface area (Å²) >= 11 is 0. The van der Waals surface area contributed by atoms with Gasteiger partial charge >= 0.3 is 0 Å². The number of aliphatic hydroxyl groups is 1. The molecule has 0 spiro atoms. The van der Waals surface area contributed by atoms with E-state index in [0.717, 1.165) is 26.1 Å². The Hall–Kier alpha value is -0.900. The summed E-state index contributed by atoms with van der Waals surface area (Å²) in [6.45, 7) is 9.50. The third-order valence-electron chi connectivity index (χ3n) is 4.60. The molecular weight excluding hydrogens is 248 g/mol. The minimum Gasteiger partial charge on any atom is -0.391 e. The van der Waals surface area contributed by atoms with Crippen molar-refractivity contribution in [3.05, 3.63) is 34.4 Å². The lowest BCUT2D eigenvalue weighted by atomic mass is 9.92. The number of rotatable bonds is 3. The molecule has 0 amide bonds. The highest BCUT2D eigenvalue weighted by molar-refractivity contribution is 5.38. The second-order valence-corrected chi connectivity index (χ2v) is 6.46. The fourth-order valence-corrected chi connectivity index (χ4v) is 3.34. The molecule has 1 fully saturated rings. The van der Waals surface area contributed by atoms with Gasteiger partial charge in [0.2, 0.25) is 0 Å². The first kappa shape index (κ1) is 15.5. The summed E-state index contributed by atoms with van der Waals surface area (Å²) in [5.74, 6) is 0. The Morgan fingerprint density at radius 3 is 2.35 bits per heavy atom. The molecule has 3 heteroatoms. The van der Waals surface area contributed by atoms with Crippen molar-refractivity contribution in [2.24, 2.45) is 0 Å². The molecule has 1 aliphatic rings. The van der Waals surface area contributed by atoms with E-state index in [4.69, 9.17) is 0 Å². The maximum atomic E-state index is 10.7. The maximum Gasteiger partial charge on any atom is 0.0748 e. The number of nitrogens with zero attached hydrogens (tertiary/aromatic N) is 2. The fourth-order valence-electron chi connectivity index (χ4n) is 3.34. The molecule has 112 valence electrons. The van der Waals surface area contributed by atoms with Gasteiger partial charge in [-0.3, -0.25) is 4.90 Å². The highest BCUT2D eigenvalue weighted by Gasteiger charge is 2.29. The molecule has 2 atom stereocenters. The maximum absolute atomic E-state index is 10.7. The topological polar surface area (TPSA) is 26.7 Å². The van der Waals surface area contributed by atoms with Crippen LogP contribution in [0.1, 0.15) is 22.3 Å². The number of hydrogen-bond donors (Lipinski definition) is 1. The van der Waals surface area contributed by atoms with Gasteiger partial charge in [0.05, 0.1) is 6.10 Å². The quantitative estimate of drug-likeness (QED) is 0.911. The van der Waals surface area contributed by atoms with E-state index in [1.165, 1.54) is 22.3 Å². The van der Waals surface area contributed by atoms with Crippen LogP contribution in [0.25, 0.3) is 0 Å². The average molecular weight is 276 g/mol. The molecule has 20 heavy (non-hydrogen) atoms. The van der Waals surface area contributed by atoms with Crippen LogP contribution in [0.3, 0.4) is 0 Å². The Bertz CT molecular complexity index is 449. The minimum absolute atomic E-state index is 0.230. The van der Waals surface area contributed by atoms with Crippen molar-refractivity contribution in [1.29, 1.82) is 0 Å². The van der Waals surface area contributed by atoms with Crippen LogP contribution in [0.2, 0.25) is 0 Å². The Kier molecular flexibility index (Phi) is 4.84. The van der Waals surface area contributed by atoms with Gasteiger partial charge in [-0.25, -0.2) is 0 Å². The second kappa shape index (κ2) is 6.25. The largest absolute Gasteiger partial charge is 0.391 e. The van der Waals surface area contributed by atoms with Gasteiger partial charge in [0.15, 0.2) is 0 Å². The van der Waals surface area contributed by atoms with E-state index >= 15 is 0 Å². The average Bonchev–Trinajstić information content (AvgIpc) is 2.36. The highest BCUT2D eigenvalue weighted by atomic mass is 16.3. The number of hydrogen-bond acceptors (Lipinski definition) is 3. The van der Waals surface area contributed by atoms with Crippen LogP contribution in [0, 0.1) is 20.8 Å². The molecule has 1 aromatic rings. The standard InChI is InChI=1S/C17H28N2O/c1-12-8-13(2)15(14(3)9-12)10-17(20)16-11-18(4)6-7-19(16)5/h8-9,16-17,20H,6-7,10-11H2,1-5H3. The van der Waals surface area contributed by atoms with Gasteiger partial charge < -0.3 is 10.0 Å². The predicted octanol–water partition coefficient (Wildman–Crippen LogP) is 1.76. The summed E-state index contributed by atoms with van der Waals surface area (Å²) < 4.78 is 0. The van der Waals surface area contributed by atoms with Gasteiger partial charge in [-0.2, -0.15) is 0 Å². The van der Waals surface area contributed by atoms with E-state index in [2.05, 4.69) is 56.8 Å². The molecule has 0 bridgehead atoms. The summed E-state index contributed by atoms with van der Waals surface area (Å²) in [4.78, 5) is 4.60. The first-order valence-corrected chi connectivity index (χ1v) is 7.52. The molecule has 0 aromatic heterocycles. The van der Waals surface area contributed by atoms with Crippen molar-refractivity contribution < 1.29 is 5.11 Å². The number of piperazine rings is 1.